The van der Waals surface area contributed by atoms with Crippen LogP contribution in [0.2, 0.25) is 0 Å². The van der Waals surface area contributed by atoms with Crippen molar-refractivity contribution >= 4 is 0 Å². The fraction of sp³-hybridized carbons (Fsp3) is 1.00. The Morgan fingerprint density at radius 3 is 3.00 bits per heavy atom. The van der Waals surface area contributed by atoms with Crippen molar-refractivity contribution in [2.75, 3.05) is 13.1 Å². The molecule has 4 unspecified atom stereocenters. The minimum Gasteiger partial charge on any atom is -0.360 e. The van der Waals surface area contributed by atoms with E-state index in [1.165, 1.54) is 32.4 Å². The average molecular weight is 182 g/mol. The van der Waals surface area contributed by atoms with Crippen LogP contribution in [0.5, 0.6) is 0 Å². The Kier molecular flexibility index (Phi) is 1.58. The van der Waals surface area contributed by atoms with Crippen molar-refractivity contribution in [1.29, 1.82) is 0 Å². The normalized spacial score (nSPS) is 58.6. The maximum atomic E-state index is 6.24. The van der Waals surface area contributed by atoms with Gasteiger partial charge >= 0.3 is 0 Å². The van der Waals surface area contributed by atoms with Gasteiger partial charge in [0.25, 0.3) is 0 Å². The van der Waals surface area contributed by atoms with Gasteiger partial charge in [0.1, 0.15) is 24.3 Å². The lowest BCUT2D eigenvalue weighted by Gasteiger charge is -2.60. The summed E-state index contributed by atoms with van der Waals surface area (Å²) in [6.45, 7) is 7.28. The zero-order valence-corrected chi connectivity index (χ0v) is 8.68. The van der Waals surface area contributed by atoms with Crippen molar-refractivity contribution < 1.29 is 9.64 Å². The second-order valence-corrected chi connectivity index (χ2v) is 5.15. The van der Waals surface area contributed by atoms with E-state index in [2.05, 4.69) is 13.8 Å². The zero-order chi connectivity index (χ0) is 9.05. The minimum atomic E-state index is 0.280. The topological polar surface area (TPSA) is 13.7 Å². The fourth-order valence-electron chi connectivity index (χ4n) is 3.97. The number of nitrogens with one attached hydrogen (secondary N) is 1. The van der Waals surface area contributed by atoms with E-state index in [0.717, 1.165) is 12.0 Å². The molecular formula is C11H20NO+. The first kappa shape index (κ1) is 8.25. The van der Waals surface area contributed by atoms with Gasteiger partial charge in [-0.25, -0.2) is 0 Å². The molecule has 0 aromatic heterocycles. The Bertz CT molecular complexity index is 226. The standard InChI is InChI=1S/C11H19NO/c1-3-11-7-12-5-4-9(11)6-10(12)8(2)13-11/h8-10H,3-7H2,1-2H3/p+1/t8-,9?,10?,11?/m0/s1. The van der Waals surface area contributed by atoms with Crippen LogP contribution in [0.3, 0.4) is 0 Å². The average Bonchev–Trinajstić information content (AvgIpc) is 2.18. The molecule has 0 aromatic rings. The molecule has 5 rings (SSSR count). The first-order valence-electron chi connectivity index (χ1n) is 5.77. The van der Waals surface area contributed by atoms with Crippen molar-refractivity contribution in [2.45, 2.75) is 50.9 Å². The summed E-state index contributed by atoms with van der Waals surface area (Å²) in [5, 5.41) is 0. The Hall–Kier alpha value is -0.0800. The van der Waals surface area contributed by atoms with Crippen molar-refractivity contribution in [2.24, 2.45) is 5.92 Å². The molecule has 0 amide bonds. The summed E-state index contributed by atoms with van der Waals surface area (Å²) in [7, 11) is 0. The van der Waals surface area contributed by atoms with E-state index in [9.17, 15) is 0 Å². The quantitative estimate of drug-likeness (QED) is 0.613. The van der Waals surface area contributed by atoms with E-state index >= 15 is 0 Å². The third kappa shape index (κ3) is 0.909. The molecule has 4 bridgehead atoms. The third-order valence-electron chi connectivity index (χ3n) is 4.73. The van der Waals surface area contributed by atoms with Crippen LogP contribution >= 0.6 is 0 Å². The summed E-state index contributed by atoms with van der Waals surface area (Å²) < 4.78 is 6.24. The second-order valence-electron chi connectivity index (χ2n) is 5.15. The molecule has 5 atom stereocenters. The lowest BCUT2D eigenvalue weighted by atomic mass is 9.67. The molecule has 5 aliphatic heterocycles. The highest BCUT2D eigenvalue weighted by Crippen LogP contribution is 2.42. The number of quaternary nitrogens is 1. The SMILES string of the molecule is CCC12C[NH+]3CCC1CC3[C@H](C)O2. The van der Waals surface area contributed by atoms with E-state index in [-0.39, 0.29) is 5.60 Å². The van der Waals surface area contributed by atoms with Gasteiger partial charge in [0.05, 0.1) is 6.54 Å². The molecule has 0 saturated carbocycles. The third-order valence-corrected chi connectivity index (χ3v) is 4.73. The molecule has 0 aromatic carbocycles. The molecule has 5 aliphatic rings. The van der Waals surface area contributed by atoms with Gasteiger partial charge in [-0.15, -0.1) is 0 Å². The van der Waals surface area contributed by atoms with E-state index < -0.39 is 0 Å². The Labute approximate surface area is 80.2 Å². The van der Waals surface area contributed by atoms with Gasteiger partial charge in [-0.2, -0.15) is 0 Å². The summed E-state index contributed by atoms with van der Waals surface area (Å²) in [5.41, 5.74) is 0.280. The summed E-state index contributed by atoms with van der Waals surface area (Å²) in [6.07, 6.45) is 4.58. The van der Waals surface area contributed by atoms with Crippen LogP contribution < -0.4 is 4.90 Å². The van der Waals surface area contributed by atoms with Gasteiger partial charge in [-0.3, -0.25) is 0 Å². The van der Waals surface area contributed by atoms with Gasteiger partial charge in [-0.05, 0) is 13.3 Å². The Balaban J connectivity index is 1.97. The number of hydrogen-bond acceptors (Lipinski definition) is 1. The monoisotopic (exact) mass is 182 g/mol. The van der Waals surface area contributed by atoms with E-state index in [0.29, 0.717) is 6.10 Å². The van der Waals surface area contributed by atoms with Crippen LogP contribution in [-0.4, -0.2) is 30.8 Å². The Morgan fingerprint density at radius 2 is 2.38 bits per heavy atom. The minimum absolute atomic E-state index is 0.280. The number of ether oxygens (including phenoxy) is 1. The number of rotatable bonds is 1. The number of fused-ring (bicyclic) bond motifs is 2. The summed E-state index contributed by atoms with van der Waals surface area (Å²) in [4.78, 5) is 1.84. The van der Waals surface area contributed by atoms with Crippen molar-refractivity contribution in [1.82, 2.24) is 0 Å². The lowest BCUT2D eigenvalue weighted by molar-refractivity contribution is -0.966. The highest BCUT2D eigenvalue weighted by atomic mass is 16.5. The van der Waals surface area contributed by atoms with Crippen molar-refractivity contribution in [3.8, 4) is 0 Å². The van der Waals surface area contributed by atoms with Gasteiger partial charge in [-0.1, -0.05) is 6.92 Å². The molecule has 2 heteroatoms. The first-order valence-corrected chi connectivity index (χ1v) is 5.77. The molecule has 0 aliphatic carbocycles. The molecule has 13 heavy (non-hydrogen) atoms. The zero-order valence-electron chi connectivity index (χ0n) is 8.68. The van der Waals surface area contributed by atoms with Crippen LogP contribution in [0.4, 0.5) is 0 Å². The Morgan fingerprint density at radius 1 is 1.54 bits per heavy atom. The van der Waals surface area contributed by atoms with Gasteiger partial charge in [0.15, 0.2) is 0 Å². The predicted octanol–water partition coefficient (Wildman–Crippen LogP) is 0.231. The van der Waals surface area contributed by atoms with E-state index in [1.807, 2.05) is 4.90 Å². The largest absolute Gasteiger partial charge is 0.360 e. The molecule has 1 N–H and O–H groups in total. The van der Waals surface area contributed by atoms with Gasteiger partial charge in [0.2, 0.25) is 0 Å². The molecular weight excluding hydrogens is 162 g/mol. The number of piperidine rings is 3. The highest BCUT2D eigenvalue weighted by Gasteiger charge is 2.60. The first-order chi connectivity index (χ1) is 6.25. The molecule has 5 fully saturated rings. The summed E-state index contributed by atoms with van der Waals surface area (Å²) >= 11 is 0. The van der Waals surface area contributed by atoms with E-state index in [1.54, 1.807) is 0 Å². The van der Waals surface area contributed by atoms with Crippen LogP contribution in [0.1, 0.15) is 33.1 Å². The summed E-state index contributed by atoms with van der Waals surface area (Å²) in [5.74, 6) is 0.885. The van der Waals surface area contributed by atoms with Crippen LogP contribution in [0, 0.1) is 5.92 Å². The molecule has 0 radical (unpaired) electrons. The molecule has 5 saturated heterocycles. The smallest absolute Gasteiger partial charge is 0.120 e. The maximum absolute atomic E-state index is 6.24. The molecule has 0 spiro atoms. The number of hydrogen-bond donors (Lipinski definition) is 1. The van der Waals surface area contributed by atoms with Crippen LogP contribution in [0.25, 0.3) is 0 Å². The predicted molar refractivity (Wildman–Crippen MR) is 50.8 cm³/mol. The van der Waals surface area contributed by atoms with Crippen LogP contribution in [-0.2, 0) is 4.74 Å². The molecule has 5 heterocycles. The van der Waals surface area contributed by atoms with Gasteiger partial charge < -0.3 is 9.64 Å². The number of morpholine rings is 1. The summed E-state index contributed by atoms with van der Waals surface area (Å²) in [6, 6.07) is 0.826. The van der Waals surface area contributed by atoms with Crippen molar-refractivity contribution in [3.63, 3.8) is 0 Å². The second kappa shape index (κ2) is 2.48. The fourth-order valence-corrected chi connectivity index (χ4v) is 3.97. The highest BCUT2D eigenvalue weighted by molar-refractivity contribution is 5.00. The lowest BCUT2D eigenvalue weighted by Crippen LogP contribution is -3.24. The van der Waals surface area contributed by atoms with Gasteiger partial charge in [0, 0.05) is 18.8 Å². The van der Waals surface area contributed by atoms with Crippen molar-refractivity contribution in [3.05, 3.63) is 0 Å². The molecule has 2 nitrogen and oxygen atoms in total. The molecule has 74 valence electrons. The van der Waals surface area contributed by atoms with Crippen LogP contribution in [0.15, 0.2) is 0 Å². The van der Waals surface area contributed by atoms with E-state index in [4.69, 9.17) is 4.74 Å². The maximum Gasteiger partial charge on any atom is 0.120 e.